The molecule has 0 heterocycles. The Morgan fingerprint density at radius 2 is 2.06 bits per heavy atom. The molecule has 0 aliphatic carbocycles. The Labute approximate surface area is 118 Å². The summed E-state index contributed by atoms with van der Waals surface area (Å²) in [5.74, 6) is 0.485. The largest absolute Gasteiger partial charge is 0.314 e. The van der Waals surface area contributed by atoms with Crippen molar-refractivity contribution in [3.63, 3.8) is 0 Å². The summed E-state index contributed by atoms with van der Waals surface area (Å²) in [7, 11) is 0. The van der Waals surface area contributed by atoms with Crippen molar-refractivity contribution in [2.24, 2.45) is 5.92 Å². The van der Waals surface area contributed by atoms with E-state index >= 15 is 0 Å². The number of halogens is 2. The van der Waals surface area contributed by atoms with Gasteiger partial charge < -0.3 is 5.32 Å². The van der Waals surface area contributed by atoms with Gasteiger partial charge in [-0.2, -0.15) is 0 Å². The molecular weight excluding hydrogens is 293 g/mol. The van der Waals surface area contributed by atoms with Gasteiger partial charge in [0.15, 0.2) is 0 Å². The Balaban J connectivity index is 2.71. The lowest BCUT2D eigenvalue weighted by Gasteiger charge is -2.21. The summed E-state index contributed by atoms with van der Waals surface area (Å²) < 4.78 is 14.3. The van der Waals surface area contributed by atoms with Crippen molar-refractivity contribution in [3.05, 3.63) is 34.1 Å². The third kappa shape index (κ3) is 5.49. The zero-order valence-electron chi connectivity index (χ0n) is 11.5. The van der Waals surface area contributed by atoms with Crippen molar-refractivity contribution in [2.75, 3.05) is 6.54 Å². The molecule has 1 aromatic rings. The molecule has 1 nitrogen and oxygen atoms in total. The second-order valence-corrected chi connectivity index (χ2v) is 6.07. The fourth-order valence-corrected chi connectivity index (χ4v) is 2.53. The predicted octanol–water partition coefficient (Wildman–Crippen LogP) is 4.55. The first-order chi connectivity index (χ1) is 8.52. The summed E-state index contributed by atoms with van der Waals surface area (Å²) in [6, 6.07) is 5.33. The minimum Gasteiger partial charge on any atom is -0.314 e. The van der Waals surface area contributed by atoms with Crippen molar-refractivity contribution in [1.82, 2.24) is 5.32 Å². The van der Waals surface area contributed by atoms with Crippen LogP contribution in [-0.4, -0.2) is 12.6 Å². The van der Waals surface area contributed by atoms with Crippen LogP contribution in [0.25, 0.3) is 0 Å². The highest BCUT2D eigenvalue weighted by molar-refractivity contribution is 9.10. The van der Waals surface area contributed by atoms with Gasteiger partial charge >= 0.3 is 0 Å². The topological polar surface area (TPSA) is 12.0 Å². The molecule has 3 heteroatoms. The van der Waals surface area contributed by atoms with E-state index in [1.54, 1.807) is 12.1 Å². The lowest BCUT2D eigenvalue weighted by molar-refractivity contribution is 0.415. The van der Waals surface area contributed by atoms with Gasteiger partial charge in [-0.15, -0.1) is 0 Å². The molecular formula is C15H23BrFN. The van der Waals surface area contributed by atoms with Crippen molar-refractivity contribution < 1.29 is 4.39 Å². The number of nitrogens with one attached hydrogen (secondary N) is 1. The predicted molar refractivity (Wildman–Crippen MR) is 79.3 cm³/mol. The summed E-state index contributed by atoms with van der Waals surface area (Å²) in [6.45, 7) is 7.63. The Hall–Kier alpha value is -0.410. The van der Waals surface area contributed by atoms with Gasteiger partial charge in [0.05, 0.1) is 0 Å². The SMILES string of the molecule is CCCNC(Cc1cc(F)ccc1Br)CC(C)C. The first-order valence-corrected chi connectivity index (χ1v) is 7.49. The fourth-order valence-electron chi connectivity index (χ4n) is 2.12. The molecule has 0 bridgehead atoms. The van der Waals surface area contributed by atoms with Crippen LogP contribution >= 0.6 is 15.9 Å². The summed E-state index contributed by atoms with van der Waals surface area (Å²) in [5.41, 5.74) is 1.05. The molecule has 1 rings (SSSR count). The first kappa shape index (κ1) is 15.6. The molecule has 1 unspecified atom stereocenters. The van der Waals surface area contributed by atoms with Crippen LogP contribution in [0.3, 0.4) is 0 Å². The van der Waals surface area contributed by atoms with Crippen LogP contribution in [0.15, 0.2) is 22.7 Å². The summed E-state index contributed by atoms with van der Waals surface area (Å²) in [6.07, 6.45) is 3.11. The van der Waals surface area contributed by atoms with Crippen molar-refractivity contribution >= 4 is 15.9 Å². The summed E-state index contributed by atoms with van der Waals surface area (Å²) in [5, 5.41) is 3.55. The number of benzene rings is 1. The van der Waals surface area contributed by atoms with Gasteiger partial charge in [0.25, 0.3) is 0 Å². The van der Waals surface area contributed by atoms with E-state index in [1.165, 1.54) is 6.07 Å². The maximum absolute atomic E-state index is 13.3. The molecule has 1 atom stereocenters. The minimum absolute atomic E-state index is 0.160. The molecule has 18 heavy (non-hydrogen) atoms. The number of hydrogen-bond donors (Lipinski definition) is 1. The van der Waals surface area contributed by atoms with Crippen LogP contribution in [0, 0.1) is 11.7 Å². The summed E-state index contributed by atoms with van der Waals surface area (Å²) >= 11 is 3.50. The van der Waals surface area contributed by atoms with Crippen LogP contribution in [0.4, 0.5) is 4.39 Å². The van der Waals surface area contributed by atoms with E-state index in [0.29, 0.717) is 12.0 Å². The molecule has 0 aliphatic heterocycles. The van der Waals surface area contributed by atoms with Gasteiger partial charge in [0.2, 0.25) is 0 Å². The van der Waals surface area contributed by atoms with E-state index in [2.05, 4.69) is 42.0 Å². The highest BCUT2D eigenvalue weighted by Gasteiger charge is 2.13. The Kier molecular flexibility index (Phi) is 6.87. The zero-order chi connectivity index (χ0) is 13.5. The third-order valence-electron chi connectivity index (χ3n) is 2.91. The van der Waals surface area contributed by atoms with Gasteiger partial charge in [-0.05, 0) is 55.5 Å². The molecule has 1 N–H and O–H groups in total. The summed E-state index contributed by atoms with van der Waals surface area (Å²) in [4.78, 5) is 0. The maximum Gasteiger partial charge on any atom is 0.123 e. The van der Waals surface area contributed by atoms with Crippen LogP contribution in [-0.2, 0) is 6.42 Å². The van der Waals surface area contributed by atoms with Crippen molar-refractivity contribution in [2.45, 2.75) is 46.1 Å². The number of rotatable bonds is 7. The Bertz CT molecular complexity index is 366. The first-order valence-electron chi connectivity index (χ1n) is 6.70. The van der Waals surface area contributed by atoms with Gasteiger partial charge in [-0.25, -0.2) is 4.39 Å². The van der Waals surface area contributed by atoms with Gasteiger partial charge in [-0.3, -0.25) is 0 Å². The zero-order valence-corrected chi connectivity index (χ0v) is 13.1. The molecule has 102 valence electrons. The second-order valence-electron chi connectivity index (χ2n) is 5.22. The average Bonchev–Trinajstić information content (AvgIpc) is 2.30. The van der Waals surface area contributed by atoms with Gasteiger partial charge in [0.1, 0.15) is 5.82 Å². The van der Waals surface area contributed by atoms with Crippen LogP contribution in [0.5, 0.6) is 0 Å². The van der Waals surface area contributed by atoms with E-state index in [9.17, 15) is 4.39 Å². The quantitative estimate of drug-likeness (QED) is 0.778. The van der Waals surface area contributed by atoms with E-state index in [-0.39, 0.29) is 5.82 Å². The third-order valence-corrected chi connectivity index (χ3v) is 3.69. The molecule has 0 aromatic heterocycles. The molecule has 0 fully saturated rings. The second kappa shape index (κ2) is 7.90. The number of hydrogen-bond acceptors (Lipinski definition) is 1. The lowest BCUT2D eigenvalue weighted by atomic mass is 9.97. The Morgan fingerprint density at radius 1 is 1.33 bits per heavy atom. The van der Waals surface area contributed by atoms with E-state index in [1.807, 2.05) is 0 Å². The lowest BCUT2D eigenvalue weighted by Crippen LogP contribution is -2.33. The normalized spacial score (nSPS) is 13.0. The van der Waals surface area contributed by atoms with Gasteiger partial charge in [-0.1, -0.05) is 36.7 Å². The van der Waals surface area contributed by atoms with Gasteiger partial charge in [0, 0.05) is 10.5 Å². The molecule has 0 amide bonds. The maximum atomic E-state index is 13.3. The van der Waals surface area contributed by atoms with E-state index in [4.69, 9.17) is 0 Å². The van der Waals surface area contributed by atoms with Crippen LogP contribution in [0.1, 0.15) is 39.2 Å². The smallest absolute Gasteiger partial charge is 0.123 e. The highest BCUT2D eigenvalue weighted by Crippen LogP contribution is 2.21. The molecule has 0 spiro atoms. The van der Waals surface area contributed by atoms with E-state index < -0.39 is 0 Å². The molecule has 0 saturated carbocycles. The van der Waals surface area contributed by atoms with Crippen LogP contribution in [0.2, 0.25) is 0 Å². The Morgan fingerprint density at radius 3 is 2.67 bits per heavy atom. The minimum atomic E-state index is -0.160. The molecule has 0 aliphatic rings. The monoisotopic (exact) mass is 315 g/mol. The molecule has 0 radical (unpaired) electrons. The van der Waals surface area contributed by atoms with Crippen LogP contribution < -0.4 is 5.32 Å². The molecule has 1 aromatic carbocycles. The average molecular weight is 316 g/mol. The van der Waals surface area contributed by atoms with Crippen molar-refractivity contribution in [1.29, 1.82) is 0 Å². The highest BCUT2D eigenvalue weighted by atomic mass is 79.9. The fraction of sp³-hybridized carbons (Fsp3) is 0.600. The standard InChI is InChI=1S/C15H23BrFN/c1-4-7-18-14(8-11(2)3)10-12-9-13(17)5-6-15(12)16/h5-6,9,11,14,18H,4,7-8,10H2,1-3H3. The molecule has 0 saturated heterocycles. The van der Waals surface area contributed by atoms with E-state index in [0.717, 1.165) is 35.8 Å². The van der Waals surface area contributed by atoms with Crippen molar-refractivity contribution in [3.8, 4) is 0 Å².